The minimum absolute atomic E-state index is 0.226. The van der Waals surface area contributed by atoms with Crippen molar-refractivity contribution in [1.82, 2.24) is 14.8 Å². The van der Waals surface area contributed by atoms with Crippen LogP contribution in [0.5, 0.6) is 5.75 Å². The van der Waals surface area contributed by atoms with Crippen LogP contribution in [-0.4, -0.2) is 41.0 Å². The van der Waals surface area contributed by atoms with Crippen LogP contribution in [0.3, 0.4) is 0 Å². The Balaban J connectivity index is 1.28. The van der Waals surface area contributed by atoms with Crippen molar-refractivity contribution < 1.29 is 14.3 Å². The van der Waals surface area contributed by atoms with E-state index in [1.165, 1.54) is 10.9 Å². The Labute approximate surface area is 203 Å². The summed E-state index contributed by atoms with van der Waals surface area (Å²) >= 11 is 0. The zero-order valence-electron chi connectivity index (χ0n) is 19.4. The number of carbonyl (C=O) groups excluding carboxylic acids is 1. The summed E-state index contributed by atoms with van der Waals surface area (Å²) in [5, 5.41) is 11.4. The molecule has 2 N–H and O–H groups in total. The van der Waals surface area contributed by atoms with Gasteiger partial charge in [0.15, 0.2) is 0 Å². The van der Waals surface area contributed by atoms with E-state index in [0.717, 1.165) is 23.3 Å². The molecule has 3 aromatic carbocycles. The summed E-state index contributed by atoms with van der Waals surface area (Å²) in [5.74, 6) is 0.996. The van der Waals surface area contributed by atoms with Crippen LogP contribution in [-0.2, 0) is 11.3 Å². The van der Waals surface area contributed by atoms with Crippen molar-refractivity contribution in [2.75, 3.05) is 25.6 Å². The van der Waals surface area contributed by atoms with Crippen LogP contribution in [0.2, 0.25) is 0 Å². The molecule has 1 amide bonds. The Bertz CT molecular complexity index is 1420. The molecule has 0 saturated heterocycles. The number of rotatable bonds is 9. The van der Waals surface area contributed by atoms with Gasteiger partial charge in [-0.15, -0.1) is 0 Å². The van der Waals surface area contributed by atoms with Crippen molar-refractivity contribution in [3.8, 4) is 17.0 Å². The van der Waals surface area contributed by atoms with Gasteiger partial charge < -0.3 is 19.4 Å². The van der Waals surface area contributed by atoms with Gasteiger partial charge in [0.25, 0.3) is 5.91 Å². The van der Waals surface area contributed by atoms with Gasteiger partial charge in [-0.25, -0.2) is 0 Å². The number of amides is 1. The average molecular weight is 467 g/mol. The smallest absolute Gasteiger partial charge is 0.256 e. The summed E-state index contributed by atoms with van der Waals surface area (Å²) in [6, 6.07) is 27.6. The second-order valence-electron chi connectivity index (χ2n) is 8.19. The number of methoxy groups -OCH3 is 1. The summed E-state index contributed by atoms with van der Waals surface area (Å²) in [4.78, 5) is 12.7. The van der Waals surface area contributed by atoms with Gasteiger partial charge in [-0.1, -0.05) is 42.5 Å². The average Bonchev–Trinajstić information content (AvgIpc) is 3.52. The first kappa shape index (κ1) is 22.4. The normalized spacial score (nSPS) is 11.0. The lowest BCUT2D eigenvalue weighted by molar-refractivity contribution is 0.102. The second kappa shape index (κ2) is 10.3. The number of hydrogen-bond donors (Lipinski definition) is 2. The van der Waals surface area contributed by atoms with Crippen LogP contribution in [0.15, 0.2) is 91.1 Å². The van der Waals surface area contributed by atoms with Crippen molar-refractivity contribution >= 4 is 22.6 Å². The predicted molar refractivity (Wildman–Crippen MR) is 137 cm³/mol. The molecule has 5 aromatic rings. The van der Waals surface area contributed by atoms with Gasteiger partial charge in [-0.3, -0.25) is 9.89 Å². The van der Waals surface area contributed by atoms with Gasteiger partial charge in [0, 0.05) is 42.6 Å². The van der Waals surface area contributed by atoms with Gasteiger partial charge in [0.05, 0.1) is 12.3 Å². The van der Waals surface area contributed by atoms with E-state index < -0.39 is 0 Å². The second-order valence-corrected chi connectivity index (χ2v) is 8.19. The van der Waals surface area contributed by atoms with Crippen LogP contribution in [0.4, 0.5) is 5.82 Å². The first-order chi connectivity index (χ1) is 17.2. The van der Waals surface area contributed by atoms with E-state index in [4.69, 9.17) is 9.47 Å². The lowest BCUT2D eigenvalue weighted by atomic mass is 10.1. The van der Waals surface area contributed by atoms with Crippen LogP contribution >= 0.6 is 0 Å². The molecule has 0 aliphatic carbocycles. The molecule has 0 aliphatic heterocycles. The summed E-state index contributed by atoms with van der Waals surface area (Å²) in [7, 11) is 1.62. The summed E-state index contributed by atoms with van der Waals surface area (Å²) in [6.07, 6.45) is 2.10. The zero-order valence-corrected chi connectivity index (χ0v) is 19.4. The number of ether oxygens (including phenoxy) is 2. The van der Waals surface area contributed by atoms with Crippen molar-refractivity contribution in [3.05, 3.63) is 102 Å². The number of H-pyrrole nitrogens is 1. The largest absolute Gasteiger partial charge is 0.491 e. The number of benzene rings is 3. The van der Waals surface area contributed by atoms with Crippen molar-refractivity contribution in [2.45, 2.75) is 6.54 Å². The fourth-order valence-electron chi connectivity index (χ4n) is 3.93. The number of aromatic amines is 1. The fourth-order valence-corrected chi connectivity index (χ4v) is 3.93. The van der Waals surface area contributed by atoms with Gasteiger partial charge in [0.1, 0.15) is 18.2 Å². The number of aromatic nitrogens is 3. The third kappa shape index (κ3) is 5.26. The lowest BCUT2D eigenvalue weighted by Crippen LogP contribution is -2.12. The Kier molecular flexibility index (Phi) is 6.59. The van der Waals surface area contributed by atoms with Gasteiger partial charge in [0.2, 0.25) is 0 Å². The van der Waals surface area contributed by atoms with Crippen molar-refractivity contribution in [3.63, 3.8) is 0 Å². The first-order valence-corrected chi connectivity index (χ1v) is 11.4. The monoisotopic (exact) mass is 466 g/mol. The molecule has 0 saturated carbocycles. The highest BCUT2D eigenvalue weighted by atomic mass is 16.5. The van der Waals surface area contributed by atoms with E-state index >= 15 is 0 Å². The molecule has 2 aromatic heterocycles. The standard InChI is InChI=1S/C28H26N4O3/c1-34-15-16-35-24-11-9-22(10-12-24)28(33)29-27-18-25(30-31-27)23-8-7-21-13-14-32(26(21)17-23)19-20-5-3-2-4-6-20/h2-14,17-18H,15-16,19H2,1H3,(H2,29,30,31,33). The number of anilines is 1. The predicted octanol–water partition coefficient (Wildman–Crippen LogP) is 5.36. The first-order valence-electron chi connectivity index (χ1n) is 11.4. The van der Waals surface area contributed by atoms with E-state index in [1.807, 2.05) is 18.2 Å². The van der Waals surface area contributed by atoms with E-state index in [-0.39, 0.29) is 5.91 Å². The maximum atomic E-state index is 12.7. The van der Waals surface area contributed by atoms with Gasteiger partial charge >= 0.3 is 0 Å². The number of carbonyl (C=O) groups is 1. The molecule has 176 valence electrons. The molecule has 0 aliphatic rings. The van der Waals surface area contributed by atoms with Crippen LogP contribution in [0.25, 0.3) is 22.2 Å². The van der Waals surface area contributed by atoms with Gasteiger partial charge in [-0.05, 0) is 47.3 Å². The number of hydrogen-bond acceptors (Lipinski definition) is 4. The van der Waals surface area contributed by atoms with Crippen LogP contribution in [0.1, 0.15) is 15.9 Å². The summed E-state index contributed by atoms with van der Waals surface area (Å²) < 4.78 is 12.7. The van der Waals surface area contributed by atoms with Crippen LogP contribution < -0.4 is 10.1 Å². The molecule has 0 fully saturated rings. The molecule has 7 nitrogen and oxygen atoms in total. The van der Waals surface area contributed by atoms with E-state index in [0.29, 0.717) is 30.3 Å². The third-order valence-electron chi connectivity index (χ3n) is 5.76. The minimum atomic E-state index is -0.226. The molecule has 0 spiro atoms. The molecule has 2 heterocycles. The minimum Gasteiger partial charge on any atom is -0.491 e. The molecule has 7 heteroatoms. The van der Waals surface area contributed by atoms with E-state index in [1.54, 1.807) is 31.4 Å². The highest BCUT2D eigenvalue weighted by Gasteiger charge is 2.11. The number of fused-ring (bicyclic) bond motifs is 1. The molecular formula is C28H26N4O3. The fraction of sp³-hybridized carbons (Fsp3) is 0.143. The Morgan fingerprint density at radius 3 is 2.60 bits per heavy atom. The summed E-state index contributed by atoms with van der Waals surface area (Å²) in [6.45, 7) is 1.77. The van der Waals surface area contributed by atoms with Crippen LogP contribution in [0, 0.1) is 0 Å². The van der Waals surface area contributed by atoms with E-state index in [9.17, 15) is 4.79 Å². The topological polar surface area (TPSA) is 81.2 Å². The maximum Gasteiger partial charge on any atom is 0.256 e. The zero-order chi connectivity index (χ0) is 24.0. The molecule has 0 radical (unpaired) electrons. The SMILES string of the molecule is COCCOc1ccc(C(=O)Nc2cc(-c3ccc4ccn(Cc5ccccc5)c4c3)n[nH]2)cc1. The Morgan fingerprint density at radius 2 is 1.80 bits per heavy atom. The Morgan fingerprint density at radius 1 is 0.971 bits per heavy atom. The number of nitrogens with one attached hydrogen (secondary N) is 2. The highest BCUT2D eigenvalue weighted by Crippen LogP contribution is 2.26. The highest BCUT2D eigenvalue weighted by molar-refractivity contribution is 6.04. The Hall–Kier alpha value is -4.36. The molecule has 0 unspecified atom stereocenters. The van der Waals surface area contributed by atoms with E-state index in [2.05, 4.69) is 68.7 Å². The quantitative estimate of drug-likeness (QED) is 0.287. The van der Waals surface area contributed by atoms with Crippen molar-refractivity contribution in [1.29, 1.82) is 0 Å². The molecule has 0 bridgehead atoms. The molecule has 0 atom stereocenters. The summed E-state index contributed by atoms with van der Waals surface area (Å²) in [5.41, 5.74) is 4.64. The number of nitrogens with zero attached hydrogens (tertiary/aromatic N) is 2. The lowest BCUT2D eigenvalue weighted by Gasteiger charge is -2.07. The van der Waals surface area contributed by atoms with Crippen molar-refractivity contribution in [2.24, 2.45) is 0 Å². The third-order valence-corrected chi connectivity index (χ3v) is 5.76. The maximum absolute atomic E-state index is 12.7. The molecular weight excluding hydrogens is 440 g/mol. The van der Waals surface area contributed by atoms with Gasteiger partial charge in [-0.2, -0.15) is 5.10 Å². The molecule has 5 rings (SSSR count). The molecule has 35 heavy (non-hydrogen) atoms.